The third-order valence-corrected chi connectivity index (χ3v) is 5.11. The molecular weight excluding hydrogens is 386 g/mol. The summed E-state index contributed by atoms with van der Waals surface area (Å²) in [5.41, 5.74) is 2.37. The number of hydrogen-bond acceptors (Lipinski definition) is 5. The number of fused-ring (bicyclic) bond motifs is 1. The van der Waals surface area contributed by atoms with Gasteiger partial charge in [-0.3, -0.25) is 10.4 Å². The minimum atomic E-state index is -0.380. The number of hydrogen-bond donors (Lipinski definition) is 3. The van der Waals surface area contributed by atoms with Crippen LogP contribution in [0, 0.1) is 0 Å². The van der Waals surface area contributed by atoms with E-state index in [1.165, 1.54) is 11.3 Å². The minimum absolute atomic E-state index is 0.0737. The zero-order valence-corrected chi connectivity index (χ0v) is 17.1. The maximum atomic E-state index is 12.3. The number of carbonyl (C=O) groups excluding carboxylic acids is 1. The van der Waals surface area contributed by atoms with Crippen molar-refractivity contribution in [1.29, 1.82) is 0 Å². The summed E-state index contributed by atoms with van der Waals surface area (Å²) in [4.78, 5) is 16.8. The smallest absolute Gasteiger partial charge is 0.324 e. The Hall–Kier alpha value is -3.39. The third-order valence-electron chi connectivity index (χ3n) is 4.20. The number of benzene rings is 2. The van der Waals surface area contributed by atoms with Crippen LogP contribution in [-0.2, 0) is 5.41 Å². The lowest BCUT2D eigenvalue weighted by molar-refractivity contribution is 0.262. The summed E-state index contributed by atoms with van der Waals surface area (Å²) in [6.07, 6.45) is 0. The number of ether oxygens (including phenoxy) is 1. The quantitative estimate of drug-likeness (QED) is 0.401. The molecule has 0 saturated heterocycles. The Labute approximate surface area is 172 Å². The third kappa shape index (κ3) is 4.55. The molecular formula is C21H21N5O2S. The predicted octanol–water partition coefficient (Wildman–Crippen LogP) is 5.75. The summed E-state index contributed by atoms with van der Waals surface area (Å²) in [6.45, 7) is 6.21. The van der Waals surface area contributed by atoms with Crippen molar-refractivity contribution in [3.8, 4) is 10.9 Å². The molecule has 4 rings (SSSR count). The molecule has 2 heterocycles. The highest BCUT2D eigenvalue weighted by Crippen LogP contribution is 2.32. The first-order valence-electron chi connectivity index (χ1n) is 9.14. The Morgan fingerprint density at radius 1 is 1.07 bits per heavy atom. The van der Waals surface area contributed by atoms with E-state index in [4.69, 9.17) is 4.74 Å². The molecule has 7 nitrogen and oxygen atoms in total. The van der Waals surface area contributed by atoms with Crippen LogP contribution < -0.4 is 15.4 Å². The van der Waals surface area contributed by atoms with E-state index in [2.05, 4.69) is 46.6 Å². The highest BCUT2D eigenvalue weighted by Gasteiger charge is 2.17. The Morgan fingerprint density at radius 2 is 1.90 bits per heavy atom. The van der Waals surface area contributed by atoms with E-state index < -0.39 is 0 Å². The van der Waals surface area contributed by atoms with Gasteiger partial charge in [0.05, 0.1) is 10.2 Å². The molecule has 0 fully saturated rings. The Balaban J connectivity index is 1.41. The van der Waals surface area contributed by atoms with Crippen molar-refractivity contribution in [2.75, 3.05) is 10.6 Å². The molecule has 0 radical (unpaired) electrons. The van der Waals surface area contributed by atoms with Crippen LogP contribution >= 0.6 is 11.3 Å². The zero-order chi connectivity index (χ0) is 20.4. The molecule has 8 heteroatoms. The Morgan fingerprint density at radius 3 is 2.66 bits per heavy atom. The van der Waals surface area contributed by atoms with Gasteiger partial charge in [0.15, 0.2) is 5.82 Å². The van der Waals surface area contributed by atoms with Gasteiger partial charge in [-0.2, -0.15) is 5.10 Å². The largest absolute Gasteiger partial charge is 0.431 e. The van der Waals surface area contributed by atoms with Crippen molar-refractivity contribution in [2.45, 2.75) is 26.2 Å². The highest BCUT2D eigenvalue weighted by molar-refractivity contribution is 7.20. The summed E-state index contributed by atoms with van der Waals surface area (Å²) in [7, 11) is 0. The van der Waals surface area contributed by atoms with Crippen molar-refractivity contribution in [3.63, 3.8) is 0 Å². The van der Waals surface area contributed by atoms with Gasteiger partial charge in [0, 0.05) is 28.9 Å². The molecule has 0 unspecified atom stereocenters. The van der Waals surface area contributed by atoms with Crippen molar-refractivity contribution in [3.05, 3.63) is 60.3 Å². The summed E-state index contributed by atoms with van der Waals surface area (Å²) in [5.74, 6) is 1.06. The number of thiazole rings is 1. The first kappa shape index (κ1) is 18.9. The van der Waals surface area contributed by atoms with Gasteiger partial charge in [-0.05, 0) is 24.3 Å². The van der Waals surface area contributed by atoms with E-state index in [1.54, 1.807) is 12.1 Å². The number of anilines is 2. The average molecular weight is 407 g/mol. The number of aromatic nitrogens is 3. The van der Waals surface area contributed by atoms with Gasteiger partial charge in [0.2, 0.25) is 0 Å². The van der Waals surface area contributed by atoms with Crippen LogP contribution in [0.3, 0.4) is 0 Å². The first-order chi connectivity index (χ1) is 13.9. The topological polar surface area (TPSA) is 91.9 Å². The minimum Gasteiger partial charge on any atom is -0.431 e. The molecule has 148 valence electrons. The van der Waals surface area contributed by atoms with Crippen LogP contribution in [-0.4, -0.2) is 21.2 Å². The lowest BCUT2D eigenvalue weighted by Crippen LogP contribution is -2.19. The number of amides is 2. The molecule has 0 spiro atoms. The lowest BCUT2D eigenvalue weighted by atomic mass is 9.92. The number of rotatable bonds is 4. The molecule has 2 aromatic heterocycles. The fraction of sp³-hybridized carbons (Fsp3) is 0.190. The van der Waals surface area contributed by atoms with E-state index in [0.29, 0.717) is 22.4 Å². The summed E-state index contributed by atoms with van der Waals surface area (Å²) >= 11 is 1.47. The van der Waals surface area contributed by atoms with Gasteiger partial charge in [-0.1, -0.05) is 50.3 Å². The van der Waals surface area contributed by atoms with Gasteiger partial charge in [0.25, 0.3) is 5.19 Å². The van der Waals surface area contributed by atoms with Gasteiger partial charge < -0.3 is 10.1 Å². The number of H-pyrrole nitrogens is 1. The number of para-hydroxylation sites is 1. The summed E-state index contributed by atoms with van der Waals surface area (Å²) in [5, 5.41) is 13.1. The zero-order valence-electron chi connectivity index (χ0n) is 16.3. The van der Waals surface area contributed by atoms with Gasteiger partial charge >= 0.3 is 6.03 Å². The van der Waals surface area contributed by atoms with E-state index in [-0.39, 0.29) is 11.4 Å². The number of aromatic amines is 1. The van der Waals surface area contributed by atoms with E-state index in [1.807, 2.05) is 42.5 Å². The Bertz CT molecular complexity index is 1130. The first-order valence-corrected chi connectivity index (χ1v) is 9.96. The fourth-order valence-electron chi connectivity index (χ4n) is 2.68. The predicted molar refractivity (Wildman–Crippen MR) is 116 cm³/mol. The van der Waals surface area contributed by atoms with E-state index >= 15 is 0 Å². The average Bonchev–Trinajstić information content (AvgIpc) is 3.28. The second-order valence-corrected chi connectivity index (χ2v) is 8.57. The van der Waals surface area contributed by atoms with Crippen molar-refractivity contribution in [1.82, 2.24) is 15.2 Å². The molecule has 0 aliphatic rings. The second-order valence-electron chi connectivity index (χ2n) is 7.57. The molecule has 4 aromatic rings. The summed E-state index contributed by atoms with van der Waals surface area (Å²) in [6, 6.07) is 16.5. The molecule has 0 bridgehead atoms. The number of nitrogens with zero attached hydrogens (tertiary/aromatic N) is 2. The maximum absolute atomic E-state index is 12.3. The van der Waals surface area contributed by atoms with Crippen LogP contribution in [0.5, 0.6) is 10.9 Å². The Kier molecular flexibility index (Phi) is 4.94. The van der Waals surface area contributed by atoms with Gasteiger partial charge in [-0.15, -0.1) is 0 Å². The molecule has 0 aliphatic heterocycles. The van der Waals surface area contributed by atoms with Crippen molar-refractivity contribution in [2.24, 2.45) is 0 Å². The SMILES string of the molecule is CC(C)(C)c1cc(NC(=O)Nc2cccc(Oc3nc4ccccc4s3)c2)n[nH]1. The van der Waals surface area contributed by atoms with Gasteiger partial charge in [0.1, 0.15) is 5.75 Å². The van der Waals surface area contributed by atoms with Crippen molar-refractivity contribution >= 4 is 39.1 Å². The standard InChI is InChI=1S/C21H21N5O2S/c1-21(2,3)17-12-18(26-25-17)24-19(27)22-13-7-6-8-14(11-13)28-20-23-15-9-4-5-10-16(15)29-20/h4-12H,1-3H3,(H3,22,24,25,26,27). The van der Waals surface area contributed by atoms with E-state index in [0.717, 1.165) is 15.9 Å². The highest BCUT2D eigenvalue weighted by atomic mass is 32.1. The maximum Gasteiger partial charge on any atom is 0.324 e. The molecule has 0 aliphatic carbocycles. The fourth-order valence-corrected chi connectivity index (χ4v) is 3.52. The molecule has 2 amide bonds. The number of urea groups is 1. The normalized spacial score (nSPS) is 11.4. The molecule has 0 saturated carbocycles. The number of carbonyl (C=O) groups is 1. The monoisotopic (exact) mass is 407 g/mol. The van der Waals surface area contributed by atoms with Crippen LogP contribution in [0.1, 0.15) is 26.5 Å². The van der Waals surface area contributed by atoms with Crippen molar-refractivity contribution < 1.29 is 9.53 Å². The molecule has 2 aromatic carbocycles. The lowest BCUT2D eigenvalue weighted by Gasteiger charge is -2.14. The molecule has 29 heavy (non-hydrogen) atoms. The van der Waals surface area contributed by atoms with Crippen LogP contribution in [0.4, 0.5) is 16.3 Å². The van der Waals surface area contributed by atoms with Crippen LogP contribution in [0.15, 0.2) is 54.6 Å². The number of nitrogens with one attached hydrogen (secondary N) is 3. The van der Waals surface area contributed by atoms with Crippen LogP contribution in [0.25, 0.3) is 10.2 Å². The summed E-state index contributed by atoms with van der Waals surface area (Å²) < 4.78 is 6.92. The van der Waals surface area contributed by atoms with Gasteiger partial charge in [-0.25, -0.2) is 9.78 Å². The molecule has 0 atom stereocenters. The second kappa shape index (κ2) is 7.56. The van der Waals surface area contributed by atoms with Crippen LogP contribution in [0.2, 0.25) is 0 Å². The molecule has 3 N–H and O–H groups in total. The van der Waals surface area contributed by atoms with E-state index in [9.17, 15) is 4.79 Å².